The quantitative estimate of drug-likeness (QED) is 0.487. The number of benzene rings is 2. The molecule has 2 aromatic carbocycles. The number of carbonyl (C=O) groups is 1. The van der Waals surface area contributed by atoms with Crippen molar-refractivity contribution in [2.45, 2.75) is 25.4 Å². The molecule has 1 aliphatic rings. The number of ether oxygens (including phenoxy) is 1. The highest BCUT2D eigenvalue weighted by molar-refractivity contribution is 7.13. The van der Waals surface area contributed by atoms with Crippen molar-refractivity contribution < 1.29 is 13.9 Å². The lowest BCUT2D eigenvalue weighted by atomic mass is 10.1. The molecule has 0 spiro atoms. The summed E-state index contributed by atoms with van der Waals surface area (Å²) >= 11 is 1.60. The number of nitrogens with zero attached hydrogens (tertiary/aromatic N) is 2. The van der Waals surface area contributed by atoms with Crippen molar-refractivity contribution in [1.29, 1.82) is 0 Å². The monoisotopic (exact) mass is 435 g/mol. The zero-order valence-electron chi connectivity index (χ0n) is 16.9. The van der Waals surface area contributed by atoms with E-state index in [1.54, 1.807) is 29.8 Å². The molecule has 0 saturated carbocycles. The number of halogens is 1. The van der Waals surface area contributed by atoms with Crippen molar-refractivity contribution in [3.05, 3.63) is 77.2 Å². The number of rotatable bonds is 5. The van der Waals surface area contributed by atoms with Crippen LogP contribution in [0.1, 0.15) is 28.8 Å². The normalized spacial score (nSPS) is 14.7. The van der Waals surface area contributed by atoms with Gasteiger partial charge < -0.3 is 14.6 Å². The molecule has 158 valence electrons. The summed E-state index contributed by atoms with van der Waals surface area (Å²) < 4.78 is 22.0. The number of aromatic nitrogens is 2. The van der Waals surface area contributed by atoms with Gasteiger partial charge in [-0.2, -0.15) is 0 Å². The van der Waals surface area contributed by atoms with E-state index in [9.17, 15) is 9.18 Å². The van der Waals surface area contributed by atoms with Crippen molar-refractivity contribution in [3.63, 3.8) is 0 Å². The Morgan fingerprint density at radius 3 is 2.74 bits per heavy atom. The molecule has 1 aliphatic heterocycles. The standard InChI is InChI=1S/C24H22FN3O2S/c25-20-2-1-3-21-22(20)19(23(29)27-18-8-11-30-12-9-18)15-28(21)14-16-4-6-17(7-5-16)24-26-10-13-31-24/h1-7,10,13,15,18H,8-9,11-12,14H2,(H,27,29). The number of amides is 1. The molecule has 7 heteroatoms. The van der Waals surface area contributed by atoms with Crippen LogP contribution in [-0.4, -0.2) is 34.7 Å². The van der Waals surface area contributed by atoms with Gasteiger partial charge in [0.1, 0.15) is 10.8 Å². The van der Waals surface area contributed by atoms with Crippen LogP contribution in [0.3, 0.4) is 0 Å². The maximum Gasteiger partial charge on any atom is 0.253 e. The average Bonchev–Trinajstić information content (AvgIpc) is 3.45. The first-order chi connectivity index (χ1) is 15.2. The molecule has 0 unspecified atom stereocenters. The minimum Gasteiger partial charge on any atom is -0.381 e. The van der Waals surface area contributed by atoms with Crippen molar-refractivity contribution in [2.75, 3.05) is 13.2 Å². The Hall–Kier alpha value is -3.03. The van der Waals surface area contributed by atoms with E-state index in [1.807, 2.05) is 40.3 Å². The Kier molecular flexibility index (Phi) is 5.53. The minimum absolute atomic E-state index is 0.0600. The van der Waals surface area contributed by atoms with Gasteiger partial charge in [-0.3, -0.25) is 4.79 Å². The van der Waals surface area contributed by atoms with Crippen LogP contribution in [0.5, 0.6) is 0 Å². The van der Waals surface area contributed by atoms with E-state index in [0.717, 1.165) is 29.0 Å². The second kappa shape index (κ2) is 8.61. The third-order valence-corrected chi connectivity index (χ3v) is 6.46. The summed E-state index contributed by atoms with van der Waals surface area (Å²) in [5, 5.41) is 6.35. The van der Waals surface area contributed by atoms with Gasteiger partial charge in [-0.05, 0) is 30.5 Å². The van der Waals surface area contributed by atoms with Gasteiger partial charge >= 0.3 is 0 Å². The summed E-state index contributed by atoms with van der Waals surface area (Å²) in [5.74, 6) is -0.618. The maximum absolute atomic E-state index is 14.7. The third kappa shape index (κ3) is 4.11. The van der Waals surface area contributed by atoms with Crippen LogP contribution in [0.4, 0.5) is 4.39 Å². The van der Waals surface area contributed by atoms with Crippen LogP contribution in [0.15, 0.2) is 60.2 Å². The maximum atomic E-state index is 14.7. The van der Waals surface area contributed by atoms with Gasteiger partial charge in [-0.1, -0.05) is 30.3 Å². The summed E-state index contributed by atoms with van der Waals surface area (Å²) in [6.07, 6.45) is 5.11. The van der Waals surface area contributed by atoms with E-state index in [2.05, 4.69) is 10.3 Å². The van der Waals surface area contributed by atoms with Gasteiger partial charge in [-0.25, -0.2) is 9.37 Å². The van der Waals surface area contributed by atoms with Gasteiger partial charge in [-0.15, -0.1) is 11.3 Å². The highest BCUT2D eigenvalue weighted by Gasteiger charge is 2.22. The van der Waals surface area contributed by atoms with Gasteiger partial charge in [0.05, 0.1) is 11.1 Å². The van der Waals surface area contributed by atoms with Crippen LogP contribution in [0.2, 0.25) is 0 Å². The van der Waals surface area contributed by atoms with Crippen molar-refractivity contribution in [2.24, 2.45) is 0 Å². The molecular formula is C24H22FN3O2S. The fourth-order valence-electron chi connectivity index (χ4n) is 4.03. The van der Waals surface area contributed by atoms with Crippen molar-refractivity contribution in [1.82, 2.24) is 14.9 Å². The fourth-order valence-corrected chi connectivity index (χ4v) is 4.68. The predicted molar refractivity (Wildman–Crippen MR) is 120 cm³/mol. The Bertz CT molecular complexity index is 1200. The SMILES string of the molecule is O=C(NC1CCOCC1)c1cn(Cc2ccc(-c3nccs3)cc2)c2cccc(F)c12. The van der Waals surface area contributed by atoms with Crippen LogP contribution in [0.25, 0.3) is 21.5 Å². The Morgan fingerprint density at radius 2 is 2.00 bits per heavy atom. The summed E-state index contributed by atoms with van der Waals surface area (Å²) in [5.41, 5.74) is 3.22. The Morgan fingerprint density at radius 1 is 1.19 bits per heavy atom. The second-order valence-corrected chi connectivity index (χ2v) is 8.59. The molecule has 1 fully saturated rings. The lowest BCUT2D eigenvalue weighted by Crippen LogP contribution is -2.38. The molecule has 1 N–H and O–H groups in total. The summed E-state index contributed by atoms with van der Waals surface area (Å²) in [4.78, 5) is 17.3. The van der Waals surface area contributed by atoms with E-state index in [4.69, 9.17) is 4.74 Å². The van der Waals surface area contributed by atoms with Gasteiger partial charge in [0.25, 0.3) is 5.91 Å². The zero-order valence-corrected chi connectivity index (χ0v) is 17.7. The number of fused-ring (bicyclic) bond motifs is 1. The largest absolute Gasteiger partial charge is 0.381 e. The topological polar surface area (TPSA) is 56.1 Å². The fraction of sp³-hybridized carbons (Fsp3) is 0.250. The zero-order chi connectivity index (χ0) is 21.2. The first-order valence-electron chi connectivity index (χ1n) is 10.3. The van der Waals surface area contributed by atoms with E-state index in [0.29, 0.717) is 36.2 Å². The number of nitrogens with one attached hydrogen (secondary N) is 1. The van der Waals surface area contributed by atoms with E-state index >= 15 is 0 Å². The molecule has 1 saturated heterocycles. The molecule has 3 heterocycles. The van der Waals surface area contributed by atoms with Gasteiger partial charge in [0.15, 0.2) is 0 Å². The van der Waals surface area contributed by atoms with Crippen LogP contribution >= 0.6 is 11.3 Å². The summed E-state index contributed by atoms with van der Waals surface area (Å²) in [6, 6.07) is 13.2. The van der Waals surface area contributed by atoms with Crippen LogP contribution in [0, 0.1) is 5.82 Å². The molecule has 5 rings (SSSR count). The second-order valence-electron chi connectivity index (χ2n) is 7.70. The predicted octanol–water partition coefficient (Wildman–Crippen LogP) is 4.86. The summed E-state index contributed by atoms with van der Waals surface area (Å²) in [6.45, 7) is 1.82. The third-order valence-electron chi connectivity index (χ3n) is 5.64. The molecule has 4 aromatic rings. The molecule has 0 bridgehead atoms. The lowest BCUT2D eigenvalue weighted by Gasteiger charge is -2.22. The highest BCUT2D eigenvalue weighted by Crippen LogP contribution is 2.27. The molecular weight excluding hydrogens is 413 g/mol. The molecule has 0 radical (unpaired) electrons. The van der Waals surface area contributed by atoms with E-state index in [-0.39, 0.29) is 17.8 Å². The first kappa shape index (κ1) is 19.9. The smallest absolute Gasteiger partial charge is 0.253 e. The number of thiazole rings is 1. The van der Waals surface area contributed by atoms with Crippen LogP contribution in [-0.2, 0) is 11.3 Å². The molecule has 0 aliphatic carbocycles. The molecule has 0 atom stereocenters. The average molecular weight is 436 g/mol. The van der Waals surface area contributed by atoms with Crippen molar-refractivity contribution in [3.8, 4) is 10.6 Å². The van der Waals surface area contributed by atoms with E-state index < -0.39 is 0 Å². The van der Waals surface area contributed by atoms with Crippen molar-refractivity contribution >= 4 is 28.1 Å². The van der Waals surface area contributed by atoms with Gasteiger partial charge in [0.2, 0.25) is 0 Å². The lowest BCUT2D eigenvalue weighted by molar-refractivity contribution is 0.0697. The van der Waals surface area contributed by atoms with Gasteiger partial charge in [0, 0.05) is 54.5 Å². The number of hydrogen-bond donors (Lipinski definition) is 1. The molecule has 1 amide bonds. The van der Waals surface area contributed by atoms with E-state index in [1.165, 1.54) is 6.07 Å². The Balaban J connectivity index is 1.43. The molecule has 5 nitrogen and oxygen atoms in total. The number of hydrogen-bond acceptors (Lipinski definition) is 4. The highest BCUT2D eigenvalue weighted by atomic mass is 32.1. The molecule has 31 heavy (non-hydrogen) atoms. The van der Waals surface area contributed by atoms with Crippen LogP contribution < -0.4 is 5.32 Å². The number of carbonyl (C=O) groups excluding carboxylic acids is 1. The minimum atomic E-state index is -0.382. The Labute approximate surface area is 183 Å². The first-order valence-corrected chi connectivity index (χ1v) is 11.2. The molecule has 2 aromatic heterocycles. The summed E-state index contributed by atoms with van der Waals surface area (Å²) in [7, 11) is 0.